The Labute approximate surface area is 142 Å². The minimum absolute atomic E-state index is 0.0599. The highest BCUT2D eigenvalue weighted by Crippen LogP contribution is 2.40. The highest BCUT2D eigenvalue weighted by atomic mass is 32.1. The first-order valence-corrected chi connectivity index (χ1v) is 8.10. The molecule has 2 aromatic carbocycles. The summed E-state index contributed by atoms with van der Waals surface area (Å²) in [6.45, 7) is 1.70. The summed E-state index contributed by atoms with van der Waals surface area (Å²) in [5, 5.41) is 20.1. The van der Waals surface area contributed by atoms with Crippen molar-refractivity contribution in [2.24, 2.45) is 0 Å². The number of fused-ring (bicyclic) bond motifs is 1. The van der Waals surface area contributed by atoms with E-state index in [4.69, 9.17) is 0 Å². The molecule has 0 saturated heterocycles. The lowest BCUT2D eigenvalue weighted by atomic mass is 10.1. The number of phenols is 1. The maximum absolute atomic E-state index is 12.2. The predicted molar refractivity (Wildman–Crippen MR) is 93.8 cm³/mol. The second kappa shape index (κ2) is 6.33. The van der Waals surface area contributed by atoms with Crippen molar-refractivity contribution in [2.75, 3.05) is 4.90 Å². The number of nitrogens with zero attached hydrogens (tertiary/aromatic N) is 1. The van der Waals surface area contributed by atoms with Gasteiger partial charge in [0.05, 0.1) is 6.54 Å². The van der Waals surface area contributed by atoms with Crippen molar-refractivity contribution in [3.8, 4) is 5.75 Å². The summed E-state index contributed by atoms with van der Waals surface area (Å²) in [4.78, 5) is 25.4. The predicted octanol–water partition coefficient (Wildman–Crippen LogP) is 3.86. The third-order valence-corrected chi connectivity index (χ3v) is 4.85. The highest BCUT2D eigenvalue weighted by molar-refractivity contribution is 7.23. The minimum atomic E-state index is -1.10. The lowest BCUT2D eigenvalue weighted by Gasteiger charge is -2.20. The van der Waals surface area contributed by atoms with Gasteiger partial charge in [0.15, 0.2) is 0 Å². The van der Waals surface area contributed by atoms with Crippen LogP contribution in [0, 0.1) is 0 Å². The van der Waals surface area contributed by atoms with Gasteiger partial charge in [-0.3, -0.25) is 9.69 Å². The number of aromatic hydroxyl groups is 1. The summed E-state index contributed by atoms with van der Waals surface area (Å²) in [6.07, 6.45) is 0. The van der Waals surface area contributed by atoms with Crippen LogP contribution in [0.3, 0.4) is 0 Å². The fourth-order valence-electron chi connectivity index (χ4n) is 2.56. The molecular weight excluding hydrogens is 326 g/mol. The van der Waals surface area contributed by atoms with Gasteiger partial charge in [-0.05, 0) is 23.8 Å². The summed E-state index contributed by atoms with van der Waals surface area (Å²) in [6, 6.07) is 13.9. The number of carboxylic acid groups (broad SMARTS) is 1. The zero-order valence-electron chi connectivity index (χ0n) is 12.9. The summed E-state index contributed by atoms with van der Waals surface area (Å²) in [5.74, 6) is -1.27. The average Bonchev–Trinajstić information content (AvgIpc) is 2.91. The molecule has 0 fully saturated rings. The smallest absolute Gasteiger partial charge is 0.339 e. The summed E-state index contributed by atoms with van der Waals surface area (Å²) in [5.41, 5.74) is 0.991. The fraction of sp³-hybridized carbons (Fsp3) is 0.111. The molecule has 24 heavy (non-hydrogen) atoms. The third-order valence-electron chi connectivity index (χ3n) is 3.68. The number of anilines is 1. The summed E-state index contributed by atoms with van der Waals surface area (Å²) < 4.78 is 0.627. The van der Waals surface area contributed by atoms with E-state index in [0.717, 1.165) is 5.56 Å². The number of hydrogen-bond donors (Lipinski definition) is 2. The fourth-order valence-corrected chi connectivity index (χ4v) is 3.83. The van der Waals surface area contributed by atoms with Crippen molar-refractivity contribution in [2.45, 2.75) is 13.5 Å². The number of carbonyl (C=O) groups excluding carboxylic acids is 1. The zero-order chi connectivity index (χ0) is 17.3. The topological polar surface area (TPSA) is 77.8 Å². The molecule has 0 aliphatic heterocycles. The Morgan fingerprint density at radius 1 is 1.12 bits per heavy atom. The highest BCUT2D eigenvalue weighted by Gasteiger charge is 2.25. The van der Waals surface area contributed by atoms with Gasteiger partial charge in [0.25, 0.3) is 0 Å². The lowest BCUT2D eigenvalue weighted by molar-refractivity contribution is -0.116. The molecule has 1 heterocycles. The molecule has 0 aliphatic carbocycles. The number of aromatic carboxylic acids is 1. The minimum Gasteiger partial charge on any atom is -0.508 e. The maximum atomic E-state index is 12.2. The number of rotatable bonds is 4. The van der Waals surface area contributed by atoms with Crippen molar-refractivity contribution in [1.29, 1.82) is 0 Å². The van der Waals surface area contributed by atoms with Crippen LogP contribution in [-0.4, -0.2) is 22.1 Å². The molecule has 2 N–H and O–H groups in total. The average molecular weight is 341 g/mol. The monoisotopic (exact) mass is 341 g/mol. The Balaban J connectivity index is 2.15. The Hall–Kier alpha value is -2.86. The number of carbonyl (C=O) groups is 2. The first-order chi connectivity index (χ1) is 11.5. The molecule has 122 valence electrons. The molecule has 0 spiro atoms. The molecule has 1 amide bonds. The van der Waals surface area contributed by atoms with Crippen LogP contribution < -0.4 is 4.90 Å². The van der Waals surface area contributed by atoms with Gasteiger partial charge in [-0.15, -0.1) is 11.3 Å². The van der Waals surface area contributed by atoms with E-state index in [1.807, 2.05) is 30.3 Å². The number of phenolic OH excluding ortho intramolecular Hbond substituents is 1. The molecular formula is C18H15NO4S. The molecule has 0 radical (unpaired) electrons. The Kier molecular flexibility index (Phi) is 4.22. The molecule has 3 aromatic rings. The second-order valence-electron chi connectivity index (χ2n) is 5.36. The zero-order valence-corrected chi connectivity index (χ0v) is 13.7. The Morgan fingerprint density at radius 2 is 1.83 bits per heavy atom. The van der Waals surface area contributed by atoms with E-state index < -0.39 is 5.97 Å². The van der Waals surface area contributed by atoms with Gasteiger partial charge in [0, 0.05) is 17.0 Å². The van der Waals surface area contributed by atoms with Crippen molar-refractivity contribution in [1.82, 2.24) is 0 Å². The lowest BCUT2D eigenvalue weighted by Crippen LogP contribution is -2.28. The standard InChI is InChI=1S/C18H15NO4S/c1-11(20)19(10-12-5-3-2-4-6-12)17-16(18(22)23)14-8-7-13(21)9-15(14)24-17/h2-9,21H,10H2,1H3,(H,22,23). The molecule has 5 nitrogen and oxygen atoms in total. The Bertz CT molecular complexity index is 917. The summed E-state index contributed by atoms with van der Waals surface area (Å²) in [7, 11) is 0. The van der Waals surface area contributed by atoms with Gasteiger partial charge in [-0.1, -0.05) is 30.3 Å². The molecule has 6 heteroatoms. The molecule has 0 aliphatic rings. The van der Waals surface area contributed by atoms with Crippen LogP contribution in [0.5, 0.6) is 5.75 Å². The van der Waals surface area contributed by atoms with Crippen LogP contribution in [0.4, 0.5) is 5.00 Å². The van der Waals surface area contributed by atoms with Gasteiger partial charge in [0.2, 0.25) is 5.91 Å². The van der Waals surface area contributed by atoms with Crippen molar-refractivity contribution >= 4 is 38.3 Å². The van der Waals surface area contributed by atoms with E-state index in [9.17, 15) is 19.8 Å². The first-order valence-electron chi connectivity index (χ1n) is 7.28. The number of hydrogen-bond acceptors (Lipinski definition) is 4. The van der Waals surface area contributed by atoms with Gasteiger partial charge >= 0.3 is 5.97 Å². The van der Waals surface area contributed by atoms with Crippen LogP contribution >= 0.6 is 11.3 Å². The van der Waals surface area contributed by atoms with Crippen molar-refractivity contribution in [3.63, 3.8) is 0 Å². The van der Waals surface area contributed by atoms with Crippen LogP contribution in [0.2, 0.25) is 0 Å². The largest absolute Gasteiger partial charge is 0.508 e. The number of carboxylic acids is 1. The Morgan fingerprint density at radius 3 is 2.46 bits per heavy atom. The van der Waals surface area contributed by atoms with Gasteiger partial charge < -0.3 is 10.2 Å². The van der Waals surface area contributed by atoms with E-state index >= 15 is 0 Å². The third kappa shape index (κ3) is 2.96. The van der Waals surface area contributed by atoms with Crippen LogP contribution in [0.15, 0.2) is 48.5 Å². The number of thiophene rings is 1. The van der Waals surface area contributed by atoms with E-state index in [-0.39, 0.29) is 23.8 Å². The molecule has 0 bridgehead atoms. The van der Waals surface area contributed by atoms with Gasteiger partial charge in [-0.2, -0.15) is 0 Å². The second-order valence-corrected chi connectivity index (χ2v) is 6.39. The van der Waals surface area contributed by atoms with Gasteiger partial charge in [0.1, 0.15) is 16.3 Å². The molecule has 0 unspecified atom stereocenters. The normalized spacial score (nSPS) is 10.7. The molecule has 0 saturated carbocycles. The van der Waals surface area contributed by atoms with Crippen molar-refractivity contribution in [3.05, 3.63) is 59.7 Å². The quantitative estimate of drug-likeness (QED) is 0.755. The first kappa shape index (κ1) is 16.0. The van der Waals surface area contributed by atoms with Crippen LogP contribution in [0.25, 0.3) is 10.1 Å². The van der Waals surface area contributed by atoms with E-state index in [1.54, 1.807) is 6.07 Å². The SMILES string of the molecule is CC(=O)N(Cc1ccccc1)c1sc2cc(O)ccc2c1C(=O)O. The van der Waals surface area contributed by atoms with Crippen LogP contribution in [-0.2, 0) is 11.3 Å². The molecule has 1 aromatic heterocycles. The number of amides is 1. The molecule has 3 rings (SSSR count). The van der Waals surface area contributed by atoms with E-state index in [2.05, 4.69) is 0 Å². The maximum Gasteiger partial charge on any atom is 0.339 e. The summed E-state index contributed by atoms with van der Waals surface area (Å²) >= 11 is 1.19. The van der Waals surface area contributed by atoms with E-state index in [1.165, 1.54) is 35.3 Å². The van der Waals surface area contributed by atoms with Crippen molar-refractivity contribution < 1.29 is 19.8 Å². The van der Waals surface area contributed by atoms with Crippen LogP contribution in [0.1, 0.15) is 22.8 Å². The van der Waals surface area contributed by atoms with Gasteiger partial charge in [-0.25, -0.2) is 4.79 Å². The van der Waals surface area contributed by atoms with E-state index in [0.29, 0.717) is 15.1 Å². The molecule has 0 atom stereocenters. The number of benzene rings is 2.